The summed E-state index contributed by atoms with van der Waals surface area (Å²) in [6, 6.07) is 11.4. The lowest BCUT2D eigenvalue weighted by molar-refractivity contribution is -0.139. The Morgan fingerprint density at radius 1 is 1.17 bits per heavy atom. The first-order chi connectivity index (χ1) is 20.2. The first kappa shape index (κ1) is 30.2. The van der Waals surface area contributed by atoms with Crippen LogP contribution < -0.4 is 24.4 Å². The number of aromatic nitrogens is 1. The Labute approximate surface area is 263 Å². The second-order valence-corrected chi connectivity index (χ2v) is 11.7. The molecule has 0 spiro atoms. The van der Waals surface area contributed by atoms with Crippen molar-refractivity contribution in [3.05, 3.63) is 99.3 Å². The monoisotopic (exact) mass is 690 g/mol. The van der Waals surface area contributed by atoms with Crippen LogP contribution in [0.4, 0.5) is 0 Å². The smallest absolute Gasteiger partial charge is 0.338 e. The number of ether oxygens (including phenoxy) is 3. The fourth-order valence-corrected chi connectivity index (χ4v) is 6.63. The average Bonchev–Trinajstić information content (AvgIpc) is 3.54. The Morgan fingerprint density at radius 2 is 1.95 bits per heavy atom. The third-order valence-electron chi connectivity index (χ3n) is 6.51. The number of methoxy groups -OCH3 is 1. The number of hydrogen-bond acceptors (Lipinski definition) is 8. The van der Waals surface area contributed by atoms with Gasteiger partial charge in [0.1, 0.15) is 11.5 Å². The summed E-state index contributed by atoms with van der Waals surface area (Å²) < 4.78 is 25.2. The highest BCUT2D eigenvalue weighted by atomic mass is 79.9. The number of benzene rings is 2. The van der Waals surface area contributed by atoms with E-state index in [9.17, 15) is 9.59 Å². The molecule has 12 heteroatoms. The van der Waals surface area contributed by atoms with Gasteiger partial charge in [0.15, 0.2) is 16.3 Å². The number of thiazole rings is 1. The summed E-state index contributed by atoms with van der Waals surface area (Å²) in [6.07, 6.45) is 1.64. The maximum atomic E-state index is 14.0. The second-order valence-electron chi connectivity index (χ2n) is 9.06. The molecule has 0 fully saturated rings. The number of rotatable bonds is 8. The molecule has 8 nitrogen and oxygen atoms in total. The lowest BCUT2D eigenvalue weighted by atomic mass is 9.95. The van der Waals surface area contributed by atoms with E-state index in [2.05, 4.69) is 20.9 Å². The number of halogens is 3. The van der Waals surface area contributed by atoms with Gasteiger partial charge in [0.2, 0.25) is 0 Å². The second kappa shape index (κ2) is 12.5. The van der Waals surface area contributed by atoms with Crippen molar-refractivity contribution in [3.63, 3.8) is 0 Å². The summed E-state index contributed by atoms with van der Waals surface area (Å²) in [5.74, 6) is 1.36. The molecule has 5 rings (SSSR count). The molecule has 0 amide bonds. The van der Waals surface area contributed by atoms with Gasteiger partial charge in [-0.1, -0.05) is 56.5 Å². The number of hydrogen-bond donors (Lipinski definition) is 0. The minimum absolute atomic E-state index is 0.165. The molecule has 2 aromatic heterocycles. The van der Waals surface area contributed by atoms with E-state index in [1.165, 1.54) is 23.0 Å². The summed E-state index contributed by atoms with van der Waals surface area (Å²) in [5.41, 5.74) is 1.59. The maximum Gasteiger partial charge on any atom is 0.338 e. The zero-order valence-electron chi connectivity index (χ0n) is 23.0. The molecule has 0 aliphatic carbocycles. The number of fused-ring (bicyclic) bond motifs is 1. The molecule has 3 heterocycles. The third kappa shape index (κ3) is 5.56. The quantitative estimate of drug-likeness (QED) is 0.195. The maximum absolute atomic E-state index is 14.0. The van der Waals surface area contributed by atoms with Crippen LogP contribution in [0.1, 0.15) is 38.1 Å². The highest BCUT2D eigenvalue weighted by Gasteiger charge is 2.35. The highest BCUT2D eigenvalue weighted by molar-refractivity contribution is 9.10. The molecular weight excluding hydrogens is 667 g/mol. The zero-order valence-corrected chi connectivity index (χ0v) is 26.9. The van der Waals surface area contributed by atoms with Crippen LogP contribution in [-0.2, 0) is 9.53 Å². The summed E-state index contributed by atoms with van der Waals surface area (Å²) >= 11 is 17.4. The van der Waals surface area contributed by atoms with Crippen molar-refractivity contribution in [2.75, 3.05) is 20.3 Å². The molecular formula is C30H25BrCl2N2O6S. The van der Waals surface area contributed by atoms with Crippen LogP contribution in [0.25, 0.3) is 17.4 Å². The van der Waals surface area contributed by atoms with Crippen molar-refractivity contribution < 1.29 is 23.4 Å². The number of allylic oxidation sites excluding steroid dienone is 1. The normalized spacial score (nSPS) is 14.9. The van der Waals surface area contributed by atoms with E-state index in [1.54, 1.807) is 62.4 Å². The number of nitrogens with zero attached hydrogens (tertiary/aromatic N) is 2. The molecule has 2 aromatic carbocycles. The van der Waals surface area contributed by atoms with E-state index >= 15 is 0 Å². The summed E-state index contributed by atoms with van der Waals surface area (Å²) in [4.78, 5) is 32.3. The fourth-order valence-electron chi connectivity index (χ4n) is 4.67. The zero-order chi connectivity index (χ0) is 30.1. The SMILES string of the molecule is CCOC(=O)C1=C(C)N=c2s/c(=C/c3ccc(-c4cccc(Cl)c4Cl)o3)c(=O)n2[C@H]1c1cc(OC)c(OCC)cc1Br. The van der Waals surface area contributed by atoms with E-state index in [0.29, 0.717) is 70.3 Å². The van der Waals surface area contributed by atoms with Crippen LogP contribution in [0.5, 0.6) is 11.5 Å². The highest BCUT2D eigenvalue weighted by Crippen LogP contribution is 2.41. The van der Waals surface area contributed by atoms with Gasteiger partial charge in [0.05, 0.1) is 52.2 Å². The lowest BCUT2D eigenvalue weighted by Gasteiger charge is -2.26. The number of esters is 1. The van der Waals surface area contributed by atoms with Crippen LogP contribution in [-0.4, -0.2) is 30.9 Å². The summed E-state index contributed by atoms with van der Waals surface area (Å²) in [5, 5.41) is 0.781. The molecule has 42 heavy (non-hydrogen) atoms. The minimum Gasteiger partial charge on any atom is -0.493 e. The topological polar surface area (TPSA) is 92.3 Å². The molecule has 218 valence electrons. The summed E-state index contributed by atoms with van der Waals surface area (Å²) in [7, 11) is 1.53. The van der Waals surface area contributed by atoms with Crippen molar-refractivity contribution in [2.24, 2.45) is 4.99 Å². The number of carbonyl (C=O) groups excluding carboxylic acids is 1. The van der Waals surface area contributed by atoms with E-state index in [-0.39, 0.29) is 17.7 Å². The Morgan fingerprint density at radius 3 is 2.67 bits per heavy atom. The van der Waals surface area contributed by atoms with E-state index in [1.807, 2.05) is 6.92 Å². The van der Waals surface area contributed by atoms with Gasteiger partial charge in [-0.15, -0.1) is 0 Å². The molecule has 0 radical (unpaired) electrons. The van der Waals surface area contributed by atoms with Crippen LogP contribution in [0.15, 0.2) is 72.4 Å². The predicted molar refractivity (Wildman–Crippen MR) is 166 cm³/mol. The number of carbonyl (C=O) groups is 1. The average molecular weight is 692 g/mol. The molecule has 0 saturated carbocycles. The fraction of sp³-hybridized carbons (Fsp3) is 0.233. The van der Waals surface area contributed by atoms with Gasteiger partial charge in [-0.25, -0.2) is 9.79 Å². The molecule has 0 saturated heterocycles. The van der Waals surface area contributed by atoms with E-state index in [0.717, 1.165) is 0 Å². The largest absolute Gasteiger partial charge is 0.493 e. The van der Waals surface area contributed by atoms with Gasteiger partial charge >= 0.3 is 5.97 Å². The molecule has 0 unspecified atom stereocenters. The molecule has 4 aromatic rings. The summed E-state index contributed by atoms with van der Waals surface area (Å²) in [6.45, 7) is 5.92. The van der Waals surface area contributed by atoms with Crippen molar-refractivity contribution >= 4 is 62.5 Å². The van der Waals surface area contributed by atoms with Crippen molar-refractivity contribution in [1.82, 2.24) is 4.57 Å². The first-order valence-corrected chi connectivity index (χ1v) is 15.3. The molecule has 1 aliphatic rings. The van der Waals surface area contributed by atoms with Crippen LogP contribution in [0.3, 0.4) is 0 Å². The van der Waals surface area contributed by atoms with Gasteiger partial charge in [0, 0.05) is 16.1 Å². The molecule has 1 aliphatic heterocycles. The van der Waals surface area contributed by atoms with Crippen molar-refractivity contribution in [2.45, 2.75) is 26.8 Å². The van der Waals surface area contributed by atoms with Gasteiger partial charge in [-0.2, -0.15) is 0 Å². The van der Waals surface area contributed by atoms with Gasteiger partial charge < -0.3 is 18.6 Å². The predicted octanol–water partition coefficient (Wildman–Crippen LogP) is 6.53. The first-order valence-electron chi connectivity index (χ1n) is 12.9. The molecule has 0 N–H and O–H groups in total. The Kier molecular flexibility index (Phi) is 8.98. The Hall–Kier alpha value is -3.31. The van der Waals surface area contributed by atoms with Crippen LogP contribution >= 0.6 is 50.5 Å². The molecule has 1 atom stereocenters. The van der Waals surface area contributed by atoms with Gasteiger partial charge in [0.25, 0.3) is 5.56 Å². The third-order valence-corrected chi connectivity index (χ3v) is 9.00. The Bertz CT molecular complexity index is 1910. The van der Waals surface area contributed by atoms with Crippen molar-refractivity contribution in [3.8, 4) is 22.8 Å². The van der Waals surface area contributed by atoms with E-state index in [4.69, 9.17) is 41.8 Å². The van der Waals surface area contributed by atoms with Crippen molar-refractivity contribution in [1.29, 1.82) is 0 Å². The minimum atomic E-state index is -0.848. The number of furan rings is 1. The lowest BCUT2D eigenvalue weighted by Crippen LogP contribution is -2.40. The van der Waals surface area contributed by atoms with Crippen LogP contribution in [0.2, 0.25) is 10.0 Å². The van der Waals surface area contributed by atoms with E-state index < -0.39 is 12.0 Å². The van der Waals surface area contributed by atoms with Crippen LogP contribution in [0, 0.1) is 0 Å². The molecule has 0 bridgehead atoms. The van der Waals surface area contributed by atoms with Gasteiger partial charge in [-0.3, -0.25) is 9.36 Å². The van der Waals surface area contributed by atoms with Gasteiger partial charge in [-0.05, 0) is 62.7 Å². The standard InChI is InChI=1S/C30H25BrCl2N2O6S/c1-5-39-23-14-19(31)18(13-22(23)38-4)27-25(29(37)40-6-2)15(3)34-30-35(27)28(36)24(42-30)12-16-10-11-21(41-16)17-8-7-9-20(32)26(17)33/h7-14,27H,5-6H2,1-4H3/b24-12+/t27-/m0/s1. The Balaban J connectivity index is 1.68.